The Morgan fingerprint density at radius 1 is 1.31 bits per heavy atom. The normalized spacial score (nSPS) is 12.8. The fraction of sp³-hybridized carbons (Fsp3) is 0.182. The molecule has 2 heterocycles. The van der Waals surface area contributed by atoms with Crippen LogP contribution in [0.5, 0.6) is 11.5 Å². The second kappa shape index (κ2) is 4.02. The lowest BCUT2D eigenvalue weighted by Gasteiger charge is -2.03. The number of nitrogens with one attached hydrogen (secondary N) is 1. The highest BCUT2D eigenvalue weighted by atomic mass is 32.1. The van der Waals surface area contributed by atoms with Gasteiger partial charge in [-0.2, -0.15) is 0 Å². The Morgan fingerprint density at radius 3 is 3.12 bits per heavy atom. The van der Waals surface area contributed by atoms with E-state index in [1.165, 1.54) is 0 Å². The van der Waals surface area contributed by atoms with Gasteiger partial charge in [0.2, 0.25) is 6.79 Å². The molecule has 4 nitrogen and oxygen atoms in total. The van der Waals surface area contributed by atoms with Crippen molar-refractivity contribution < 1.29 is 9.47 Å². The fourth-order valence-electron chi connectivity index (χ4n) is 1.54. The van der Waals surface area contributed by atoms with Crippen molar-refractivity contribution in [2.45, 2.75) is 6.54 Å². The molecular weight excluding hydrogens is 224 g/mol. The summed E-state index contributed by atoms with van der Waals surface area (Å²) in [6.07, 6.45) is 1.78. The number of hydrogen-bond acceptors (Lipinski definition) is 5. The Kier molecular flexibility index (Phi) is 2.38. The van der Waals surface area contributed by atoms with E-state index in [1.54, 1.807) is 17.5 Å². The fourth-order valence-corrected chi connectivity index (χ4v) is 2.07. The van der Waals surface area contributed by atoms with E-state index in [4.69, 9.17) is 9.47 Å². The first-order valence-electron chi connectivity index (χ1n) is 4.94. The van der Waals surface area contributed by atoms with Crippen molar-refractivity contribution in [1.29, 1.82) is 0 Å². The Morgan fingerprint density at radius 2 is 2.25 bits per heavy atom. The lowest BCUT2D eigenvalue weighted by atomic mass is 10.2. The van der Waals surface area contributed by atoms with Crippen LogP contribution in [0.4, 0.5) is 5.13 Å². The van der Waals surface area contributed by atoms with Crippen molar-refractivity contribution in [3.63, 3.8) is 0 Å². The largest absolute Gasteiger partial charge is 0.454 e. The molecule has 1 aromatic heterocycles. The van der Waals surface area contributed by atoms with Gasteiger partial charge in [0.15, 0.2) is 16.6 Å². The summed E-state index contributed by atoms with van der Waals surface area (Å²) in [6, 6.07) is 5.94. The van der Waals surface area contributed by atoms with E-state index in [0.29, 0.717) is 6.79 Å². The van der Waals surface area contributed by atoms with Crippen molar-refractivity contribution in [2.24, 2.45) is 0 Å². The van der Waals surface area contributed by atoms with Crippen LogP contribution in [0, 0.1) is 0 Å². The molecule has 1 aliphatic rings. The summed E-state index contributed by atoms with van der Waals surface area (Å²) in [5.41, 5.74) is 1.15. The number of ether oxygens (including phenoxy) is 2. The van der Waals surface area contributed by atoms with Crippen LogP contribution < -0.4 is 14.8 Å². The molecule has 82 valence electrons. The number of hydrogen-bond donors (Lipinski definition) is 1. The van der Waals surface area contributed by atoms with Gasteiger partial charge in [-0.05, 0) is 17.7 Å². The number of anilines is 1. The van der Waals surface area contributed by atoms with Crippen LogP contribution in [0.15, 0.2) is 29.8 Å². The third-order valence-electron chi connectivity index (χ3n) is 2.31. The first kappa shape index (κ1) is 9.47. The molecule has 0 bridgehead atoms. The van der Waals surface area contributed by atoms with E-state index in [9.17, 15) is 0 Å². The van der Waals surface area contributed by atoms with Crippen LogP contribution in [0.25, 0.3) is 0 Å². The van der Waals surface area contributed by atoms with E-state index in [2.05, 4.69) is 10.3 Å². The van der Waals surface area contributed by atoms with Crippen molar-refractivity contribution >= 4 is 16.5 Å². The van der Waals surface area contributed by atoms with E-state index in [1.807, 2.05) is 23.6 Å². The maximum Gasteiger partial charge on any atom is 0.231 e. The number of fused-ring (bicyclic) bond motifs is 1. The van der Waals surface area contributed by atoms with Gasteiger partial charge in [0.25, 0.3) is 0 Å². The summed E-state index contributed by atoms with van der Waals surface area (Å²) in [5.74, 6) is 1.64. The number of benzene rings is 1. The van der Waals surface area contributed by atoms with Crippen molar-refractivity contribution in [3.8, 4) is 11.5 Å². The van der Waals surface area contributed by atoms with Gasteiger partial charge in [0.1, 0.15) is 0 Å². The predicted octanol–water partition coefficient (Wildman–Crippen LogP) is 2.48. The molecule has 0 aliphatic carbocycles. The molecule has 0 unspecified atom stereocenters. The molecular formula is C11H10N2O2S. The van der Waals surface area contributed by atoms with Gasteiger partial charge in [0, 0.05) is 18.1 Å². The summed E-state index contributed by atoms with van der Waals surface area (Å²) < 4.78 is 10.6. The number of rotatable bonds is 3. The molecule has 0 atom stereocenters. The zero-order chi connectivity index (χ0) is 10.8. The second-order valence-electron chi connectivity index (χ2n) is 3.38. The molecule has 16 heavy (non-hydrogen) atoms. The summed E-state index contributed by atoms with van der Waals surface area (Å²) in [7, 11) is 0. The summed E-state index contributed by atoms with van der Waals surface area (Å²) in [6.45, 7) is 1.06. The van der Waals surface area contributed by atoms with Gasteiger partial charge in [-0.3, -0.25) is 0 Å². The molecule has 0 amide bonds. The smallest absolute Gasteiger partial charge is 0.231 e. The number of nitrogens with zero attached hydrogens (tertiary/aromatic N) is 1. The van der Waals surface area contributed by atoms with Crippen LogP contribution in [0.2, 0.25) is 0 Å². The molecule has 1 aromatic carbocycles. The molecule has 1 N–H and O–H groups in total. The van der Waals surface area contributed by atoms with Crippen molar-refractivity contribution in [1.82, 2.24) is 4.98 Å². The molecule has 5 heteroatoms. The average molecular weight is 234 g/mol. The molecule has 2 aromatic rings. The highest BCUT2D eigenvalue weighted by Gasteiger charge is 2.12. The molecule has 0 spiro atoms. The monoisotopic (exact) mass is 234 g/mol. The third kappa shape index (κ3) is 1.81. The molecule has 3 rings (SSSR count). The van der Waals surface area contributed by atoms with Gasteiger partial charge in [-0.1, -0.05) is 6.07 Å². The minimum Gasteiger partial charge on any atom is -0.454 e. The SMILES string of the molecule is c1csc(NCc2ccc3c(c2)OCO3)n1. The van der Waals surface area contributed by atoms with Crippen LogP contribution in [-0.2, 0) is 6.54 Å². The zero-order valence-corrected chi connectivity index (χ0v) is 9.29. The minimum absolute atomic E-state index is 0.318. The van der Waals surface area contributed by atoms with Gasteiger partial charge >= 0.3 is 0 Å². The van der Waals surface area contributed by atoms with Crippen LogP contribution in [-0.4, -0.2) is 11.8 Å². The quantitative estimate of drug-likeness (QED) is 0.886. The van der Waals surface area contributed by atoms with Crippen LogP contribution in [0.3, 0.4) is 0 Å². The minimum atomic E-state index is 0.318. The van der Waals surface area contributed by atoms with Crippen LogP contribution in [0.1, 0.15) is 5.56 Å². The first-order chi connectivity index (χ1) is 7.92. The van der Waals surface area contributed by atoms with Crippen LogP contribution >= 0.6 is 11.3 Å². The highest BCUT2D eigenvalue weighted by Crippen LogP contribution is 2.32. The Balaban J connectivity index is 1.71. The Hall–Kier alpha value is -1.75. The molecule has 0 fully saturated rings. The Labute approximate surface area is 96.8 Å². The van der Waals surface area contributed by atoms with Gasteiger partial charge in [-0.25, -0.2) is 4.98 Å². The second-order valence-corrected chi connectivity index (χ2v) is 4.27. The average Bonchev–Trinajstić information content (AvgIpc) is 2.97. The van der Waals surface area contributed by atoms with Gasteiger partial charge in [-0.15, -0.1) is 11.3 Å². The summed E-state index contributed by atoms with van der Waals surface area (Å²) in [4.78, 5) is 4.16. The highest BCUT2D eigenvalue weighted by molar-refractivity contribution is 7.13. The third-order valence-corrected chi connectivity index (χ3v) is 3.04. The Bertz CT molecular complexity index is 485. The summed E-state index contributed by atoms with van der Waals surface area (Å²) >= 11 is 1.59. The van der Waals surface area contributed by atoms with E-state index in [0.717, 1.165) is 28.7 Å². The van der Waals surface area contributed by atoms with Gasteiger partial charge < -0.3 is 14.8 Å². The lowest BCUT2D eigenvalue weighted by molar-refractivity contribution is 0.174. The first-order valence-corrected chi connectivity index (χ1v) is 5.82. The number of aromatic nitrogens is 1. The molecule has 0 saturated heterocycles. The summed E-state index contributed by atoms with van der Waals surface area (Å²) in [5, 5.41) is 6.12. The van der Waals surface area contributed by atoms with Gasteiger partial charge in [0.05, 0.1) is 0 Å². The standard InChI is InChI=1S/C11H10N2O2S/c1-2-9-10(15-7-14-9)5-8(1)6-13-11-12-3-4-16-11/h1-5H,6-7H2,(H,12,13). The number of thiazole rings is 1. The van der Waals surface area contributed by atoms with Crippen molar-refractivity contribution in [3.05, 3.63) is 35.3 Å². The maximum absolute atomic E-state index is 5.31. The topological polar surface area (TPSA) is 43.4 Å². The molecule has 0 saturated carbocycles. The van der Waals surface area contributed by atoms with E-state index >= 15 is 0 Å². The zero-order valence-electron chi connectivity index (χ0n) is 8.47. The molecule has 1 aliphatic heterocycles. The van der Waals surface area contributed by atoms with E-state index < -0.39 is 0 Å². The van der Waals surface area contributed by atoms with E-state index in [-0.39, 0.29) is 0 Å². The van der Waals surface area contributed by atoms with Crippen molar-refractivity contribution in [2.75, 3.05) is 12.1 Å². The molecule has 0 radical (unpaired) electrons. The maximum atomic E-state index is 5.31. The lowest BCUT2D eigenvalue weighted by Crippen LogP contribution is -1.98. The predicted molar refractivity (Wildman–Crippen MR) is 62.0 cm³/mol.